The number of ether oxygens (including phenoxy) is 1. The first kappa shape index (κ1) is 14.8. The summed E-state index contributed by atoms with van der Waals surface area (Å²) in [7, 11) is 1.64. The van der Waals surface area contributed by atoms with Crippen molar-refractivity contribution in [3.05, 3.63) is 64.4 Å². The van der Waals surface area contributed by atoms with Crippen LogP contribution in [0.15, 0.2) is 42.5 Å². The maximum Gasteiger partial charge on any atom is 0.124 e. The van der Waals surface area contributed by atoms with Crippen molar-refractivity contribution in [3.63, 3.8) is 0 Å². The van der Waals surface area contributed by atoms with E-state index in [1.807, 2.05) is 24.3 Å². The van der Waals surface area contributed by atoms with Crippen LogP contribution in [0.4, 0.5) is 4.39 Å². The average Bonchev–Trinajstić information content (AvgIpc) is 2.42. The molecule has 2 N–H and O–H groups in total. The molecule has 0 fully saturated rings. The molecule has 0 saturated carbocycles. The van der Waals surface area contributed by atoms with Gasteiger partial charge in [-0.25, -0.2) is 4.39 Å². The van der Waals surface area contributed by atoms with Crippen molar-refractivity contribution in [1.82, 2.24) is 0 Å². The molecule has 0 bridgehead atoms. The van der Waals surface area contributed by atoms with Gasteiger partial charge in [0.25, 0.3) is 0 Å². The molecule has 0 spiro atoms. The fourth-order valence-corrected chi connectivity index (χ4v) is 2.44. The number of methoxy groups -OCH3 is 1. The maximum atomic E-state index is 13.0. The van der Waals surface area contributed by atoms with Gasteiger partial charge in [-0.15, -0.1) is 0 Å². The zero-order valence-electron chi connectivity index (χ0n) is 11.3. The topological polar surface area (TPSA) is 35.2 Å². The normalized spacial score (nSPS) is 12.2. The molecule has 0 aliphatic rings. The van der Waals surface area contributed by atoms with Crippen molar-refractivity contribution in [1.29, 1.82) is 0 Å². The lowest BCUT2D eigenvalue weighted by Gasteiger charge is -2.15. The number of rotatable bonds is 5. The van der Waals surface area contributed by atoms with Gasteiger partial charge in [0.1, 0.15) is 11.6 Å². The van der Waals surface area contributed by atoms with Gasteiger partial charge in [0.05, 0.1) is 7.11 Å². The second-order valence-electron chi connectivity index (χ2n) is 4.72. The predicted octanol–water partition coefficient (Wildman–Crippen LogP) is 3.60. The molecule has 2 aromatic rings. The van der Waals surface area contributed by atoms with Crippen LogP contribution < -0.4 is 10.5 Å². The third-order valence-corrected chi connectivity index (χ3v) is 3.52. The molecule has 2 nitrogen and oxygen atoms in total. The van der Waals surface area contributed by atoms with Crippen LogP contribution in [0, 0.1) is 5.82 Å². The molecule has 1 atom stereocenters. The van der Waals surface area contributed by atoms with Gasteiger partial charge in [-0.3, -0.25) is 0 Å². The van der Waals surface area contributed by atoms with E-state index < -0.39 is 0 Å². The Hall–Kier alpha value is -1.58. The zero-order valence-corrected chi connectivity index (χ0v) is 12.0. The predicted molar refractivity (Wildman–Crippen MR) is 79.8 cm³/mol. The van der Waals surface area contributed by atoms with E-state index in [1.54, 1.807) is 13.2 Å². The molecule has 1 unspecified atom stereocenters. The molecular formula is C16H17ClFNO. The lowest BCUT2D eigenvalue weighted by Crippen LogP contribution is -2.25. The fraction of sp³-hybridized carbons (Fsp3) is 0.250. The first-order chi connectivity index (χ1) is 9.60. The van der Waals surface area contributed by atoms with Gasteiger partial charge < -0.3 is 10.5 Å². The molecule has 2 rings (SSSR count). The van der Waals surface area contributed by atoms with Gasteiger partial charge in [-0.1, -0.05) is 35.9 Å². The van der Waals surface area contributed by atoms with Crippen LogP contribution in [0.5, 0.6) is 5.75 Å². The highest BCUT2D eigenvalue weighted by Gasteiger charge is 2.11. The lowest BCUT2D eigenvalue weighted by atomic mass is 9.99. The van der Waals surface area contributed by atoms with Gasteiger partial charge >= 0.3 is 0 Å². The van der Waals surface area contributed by atoms with Gasteiger partial charge in [-0.2, -0.15) is 0 Å². The Morgan fingerprint density at radius 1 is 1.15 bits per heavy atom. The van der Waals surface area contributed by atoms with Crippen LogP contribution in [0.3, 0.4) is 0 Å². The van der Waals surface area contributed by atoms with Crippen molar-refractivity contribution in [3.8, 4) is 5.75 Å². The number of hydrogen-bond donors (Lipinski definition) is 1. The van der Waals surface area contributed by atoms with E-state index >= 15 is 0 Å². The molecule has 0 aromatic heterocycles. The van der Waals surface area contributed by atoms with Crippen molar-refractivity contribution in [2.45, 2.75) is 18.9 Å². The average molecular weight is 294 g/mol. The number of hydrogen-bond acceptors (Lipinski definition) is 2. The second-order valence-corrected chi connectivity index (χ2v) is 5.12. The minimum atomic E-state index is -0.336. The largest absolute Gasteiger partial charge is 0.496 e. The molecule has 106 valence electrons. The number of para-hydroxylation sites is 1. The Kier molecular flexibility index (Phi) is 4.99. The molecule has 0 aliphatic carbocycles. The Balaban J connectivity index is 2.07. The van der Waals surface area contributed by atoms with E-state index in [0.29, 0.717) is 17.9 Å². The number of nitrogens with two attached hydrogens (primary N) is 1. The first-order valence-electron chi connectivity index (χ1n) is 6.41. The molecule has 0 saturated heterocycles. The summed E-state index contributed by atoms with van der Waals surface area (Å²) in [6, 6.07) is 12.1. The van der Waals surface area contributed by atoms with Crippen molar-refractivity contribution < 1.29 is 9.13 Å². The first-order valence-corrected chi connectivity index (χ1v) is 6.79. The lowest BCUT2D eigenvalue weighted by molar-refractivity contribution is 0.408. The summed E-state index contributed by atoms with van der Waals surface area (Å²) in [6.45, 7) is 0. The highest BCUT2D eigenvalue weighted by molar-refractivity contribution is 6.31. The van der Waals surface area contributed by atoms with Crippen LogP contribution in [0.2, 0.25) is 5.02 Å². The minimum absolute atomic E-state index is 0.103. The Labute approximate surface area is 123 Å². The Bertz CT molecular complexity index is 588. The van der Waals surface area contributed by atoms with Crippen LogP contribution >= 0.6 is 11.6 Å². The zero-order chi connectivity index (χ0) is 14.5. The summed E-state index contributed by atoms with van der Waals surface area (Å²) < 4.78 is 18.3. The Morgan fingerprint density at radius 2 is 1.85 bits per heavy atom. The standard InChI is InChI=1S/C16H17ClFNO/c1-20-16-5-3-2-4-12(16)9-14(19)8-11-6-7-13(18)10-15(11)17/h2-7,10,14H,8-9,19H2,1H3. The van der Waals surface area contributed by atoms with E-state index in [4.69, 9.17) is 22.1 Å². The SMILES string of the molecule is COc1ccccc1CC(N)Cc1ccc(F)cc1Cl. The number of halogens is 2. The van der Waals surface area contributed by atoms with Crippen LogP contribution in [0.25, 0.3) is 0 Å². The van der Waals surface area contributed by atoms with E-state index in [2.05, 4.69) is 0 Å². The third-order valence-electron chi connectivity index (χ3n) is 3.17. The molecule has 0 heterocycles. The quantitative estimate of drug-likeness (QED) is 0.914. The summed E-state index contributed by atoms with van der Waals surface area (Å²) in [5, 5.41) is 0.417. The monoisotopic (exact) mass is 293 g/mol. The van der Waals surface area contributed by atoms with Crippen molar-refractivity contribution >= 4 is 11.6 Å². The van der Waals surface area contributed by atoms with Gasteiger partial charge in [0, 0.05) is 11.1 Å². The van der Waals surface area contributed by atoms with Gasteiger partial charge in [0.2, 0.25) is 0 Å². The second kappa shape index (κ2) is 6.73. The highest BCUT2D eigenvalue weighted by Crippen LogP contribution is 2.22. The summed E-state index contributed by atoms with van der Waals surface area (Å²) in [4.78, 5) is 0. The van der Waals surface area contributed by atoms with Crippen LogP contribution in [-0.2, 0) is 12.8 Å². The highest BCUT2D eigenvalue weighted by atomic mass is 35.5. The summed E-state index contributed by atoms with van der Waals surface area (Å²) in [5.41, 5.74) is 8.07. The summed E-state index contributed by atoms with van der Waals surface area (Å²) in [5.74, 6) is 0.491. The van der Waals surface area contributed by atoms with E-state index in [0.717, 1.165) is 16.9 Å². The van der Waals surface area contributed by atoms with E-state index in [1.165, 1.54) is 12.1 Å². The maximum absolute atomic E-state index is 13.0. The Morgan fingerprint density at radius 3 is 2.55 bits per heavy atom. The number of benzene rings is 2. The molecular weight excluding hydrogens is 277 g/mol. The van der Waals surface area contributed by atoms with Crippen molar-refractivity contribution in [2.24, 2.45) is 5.73 Å². The molecule has 2 aromatic carbocycles. The smallest absolute Gasteiger partial charge is 0.124 e. The molecule has 20 heavy (non-hydrogen) atoms. The summed E-state index contributed by atoms with van der Waals surface area (Å²) >= 11 is 6.01. The fourth-order valence-electron chi connectivity index (χ4n) is 2.20. The van der Waals surface area contributed by atoms with Crippen molar-refractivity contribution in [2.75, 3.05) is 7.11 Å². The van der Waals surface area contributed by atoms with E-state index in [-0.39, 0.29) is 11.9 Å². The van der Waals surface area contributed by atoms with Gasteiger partial charge in [-0.05, 0) is 42.2 Å². The van der Waals surface area contributed by atoms with E-state index in [9.17, 15) is 4.39 Å². The van der Waals surface area contributed by atoms with Crippen LogP contribution in [-0.4, -0.2) is 13.2 Å². The molecule has 0 amide bonds. The molecule has 0 aliphatic heterocycles. The van der Waals surface area contributed by atoms with Crippen LogP contribution in [0.1, 0.15) is 11.1 Å². The summed E-state index contributed by atoms with van der Waals surface area (Å²) in [6.07, 6.45) is 1.27. The molecule has 0 radical (unpaired) electrons. The van der Waals surface area contributed by atoms with Gasteiger partial charge in [0.15, 0.2) is 0 Å². The third kappa shape index (κ3) is 3.71. The minimum Gasteiger partial charge on any atom is -0.496 e. The molecule has 4 heteroatoms.